The first-order chi connectivity index (χ1) is 9.08. The normalized spacial score (nSPS) is 24.3. The van der Waals surface area contributed by atoms with Crippen molar-refractivity contribution in [2.24, 2.45) is 0 Å². The second-order valence-corrected chi connectivity index (χ2v) is 6.36. The average molecular weight is 301 g/mol. The van der Waals surface area contributed by atoms with Gasteiger partial charge in [-0.15, -0.1) is 0 Å². The molecular formula is C15H22Cl2N2. The summed E-state index contributed by atoms with van der Waals surface area (Å²) in [6, 6.07) is 6.84. The first-order valence-electron chi connectivity index (χ1n) is 6.96. The predicted octanol–water partition coefficient (Wildman–Crippen LogP) is 4.67. The number of benzene rings is 1. The minimum absolute atomic E-state index is 0.481. The van der Waals surface area contributed by atoms with Gasteiger partial charge in [0.05, 0.1) is 10.0 Å². The second-order valence-electron chi connectivity index (χ2n) is 5.55. The van der Waals surface area contributed by atoms with Crippen molar-refractivity contribution in [3.63, 3.8) is 0 Å². The Hall–Kier alpha value is -0.440. The first-order valence-corrected chi connectivity index (χ1v) is 7.71. The highest BCUT2D eigenvalue weighted by atomic mass is 35.5. The van der Waals surface area contributed by atoms with E-state index in [-0.39, 0.29) is 0 Å². The third kappa shape index (κ3) is 4.01. The lowest BCUT2D eigenvalue weighted by Crippen LogP contribution is -2.42. The van der Waals surface area contributed by atoms with Gasteiger partial charge < -0.3 is 10.2 Å². The van der Waals surface area contributed by atoms with E-state index < -0.39 is 0 Å². The molecule has 0 bridgehead atoms. The van der Waals surface area contributed by atoms with Gasteiger partial charge >= 0.3 is 0 Å². The Kier molecular flexibility index (Phi) is 5.37. The van der Waals surface area contributed by atoms with Crippen molar-refractivity contribution in [3.05, 3.63) is 28.2 Å². The zero-order valence-corrected chi connectivity index (χ0v) is 13.1. The third-order valence-electron chi connectivity index (χ3n) is 3.91. The number of nitrogens with zero attached hydrogens (tertiary/aromatic N) is 1. The van der Waals surface area contributed by atoms with E-state index in [1.54, 1.807) is 0 Å². The lowest BCUT2D eigenvalue weighted by atomic mass is 10.0. The molecule has 0 aromatic heterocycles. The summed E-state index contributed by atoms with van der Waals surface area (Å²) in [6.07, 6.45) is 6.42. The Balaban J connectivity index is 2.11. The van der Waals surface area contributed by atoms with Crippen LogP contribution in [0.5, 0.6) is 0 Å². The number of anilines is 1. The van der Waals surface area contributed by atoms with Gasteiger partial charge in [0.25, 0.3) is 0 Å². The van der Waals surface area contributed by atoms with E-state index in [0.29, 0.717) is 22.1 Å². The van der Waals surface area contributed by atoms with Crippen LogP contribution in [-0.4, -0.2) is 31.1 Å². The second kappa shape index (κ2) is 6.83. The van der Waals surface area contributed by atoms with Crippen LogP contribution in [0, 0.1) is 0 Å². The van der Waals surface area contributed by atoms with E-state index in [0.717, 1.165) is 5.69 Å². The van der Waals surface area contributed by atoms with Gasteiger partial charge in [-0.2, -0.15) is 0 Å². The van der Waals surface area contributed by atoms with E-state index in [1.807, 2.05) is 18.2 Å². The Bertz CT molecular complexity index is 421. The number of hydrogen-bond donors (Lipinski definition) is 1. The minimum Gasteiger partial charge on any atom is -0.381 e. The topological polar surface area (TPSA) is 15.3 Å². The fourth-order valence-electron chi connectivity index (χ4n) is 2.87. The molecule has 0 radical (unpaired) electrons. The van der Waals surface area contributed by atoms with Gasteiger partial charge in [0, 0.05) is 17.8 Å². The molecule has 4 heteroatoms. The molecule has 0 heterocycles. The Morgan fingerprint density at radius 3 is 2.47 bits per heavy atom. The van der Waals surface area contributed by atoms with Crippen LogP contribution >= 0.6 is 23.2 Å². The zero-order valence-electron chi connectivity index (χ0n) is 11.6. The molecule has 1 aromatic rings. The van der Waals surface area contributed by atoms with Gasteiger partial charge in [0.1, 0.15) is 0 Å². The van der Waals surface area contributed by atoms with Crippen molar-refractivity contribution in [2.75, 3.05) is 19.4 Å². The molecule has 1 saturated carbocycles. The molecule has 0 unspecified atom stereocenters. The fourth-order valence-corrected chi connectivity index (χ4v) is 3.17. The standard InChI is InChI=1S/C15H22Cl2N2/c1-19(2)15-7-5-3-4-6-14(15)18-11-8-9-12(16)13(17)10-11/h8-10,14-15,18H,3-7H2,1-2H3/t14-,15-/m0/s1. The van der Waals surface area contributed by atoms with Gasteiger partial charge in [0.2, 0.25) is 0 Å². The van der Waals surface area contributed by atoms with Gasteiger partial charge in [0.15, 0.2) is 0 Å². The van der Waals surface area contributed by atoms with Crippen LogP contribution in [0.15, 0.2) is 18.2 Å². The molecule has 0 aliphatic heterocycles. The maximum absolute atomic E-state index is 6.08. The van der Waals surface area contributed by atoms with E-state index in [4.69, 9.17) is 23.2 Å². The first kappa shape index (κ1) is 15.0. The van der Waals surface area contributed by atoms with Crippen LogP contribution in [0.2, 0.25) is 10.0 Å². The highest BCUT2D eigenvalue weighted by Crippen LogP contribution is 2.28. The maximum atomic E-state index is 6.08. The number of likely N-dealkylation sites (N-methyl/N-ethyl adjacent to an activating group) is 1. The molecular weight excluding hydrogens is 279 g/mol. The summed E-state index contributed by atoms with van der Waals surface area (Å²) in [5.74, 6) is 0. The summed E-state index contributed by atoms with van der Waals surface area (Å²) in [5.41, 5.74) is 1.06. The summed E-state index contributed by atoms with van der Waals surface area (Å²) in [6.45, 7) is 0. The summed E-state index contributed by atoms with van der Waals surface area (Å²) in [5, 5.41) is 4.86. The monoisotopic (exact) mass is 300 g/mol. The van der Waals surface area contributed by atoms with Crippen molar-refractivity contribution in [1.29, 1.82) is 0 Å². The van der Waals surface area contributed by atoms with E-state index >= 15 is 0 Å². The van der Waals surface area contributed by atoms with Gasteiger partial charge in [-0.1, -0.05) is 42.5 Å². The Labute approximate surface area is 126 Å². The third-order valence-corrected chi connectivity index (χ3v) is 4.65. The molecule has 106 valence electrons. The molecule has 1 N–H and O–H groups in total. The van der Waals surface area contributed by atoms with E-state index in [2.05, 4.69) is 24.3 Å². The van der Waals surface area contributed by atoms with Gasteiger partial charge in [-0.3, -0.25) is 0 Å². The van der Waals surface area contributed by atoms with Crippen LogP contribution in [0.25, 0.3) is 0 Å². The molecule has 0 amide bonds. The summed E-state index contributed by atoms with van der Waals surface area (Å²) >= 11 is 12.0. The summed E-state index contributed by atoms with van der Waals surface area (Å²) in [7, 11) is 4.33. The largest absolute Gasteiger partial charge is 0.381 e. The number of rotatable bonds is 3. The fraction of sp³-hybridized carbons (Fsp3) is 0.600. The molecule has 0 saturated heterocycles. The van der Waals surface area contributed by atoms with Crippen LogP contribution in [-0.2, 0) is 0 Å². The maximum Gasteiger partial charge on any atom is 0.0612 e. The molecule has 2 nitrogen and oxygen atoms in total. The SMILES string of the molecule is CN(C)[C@H]1CCCCC[C@@H]1Nc1ccc(Cl)c(Cl)c1. The highest BCUT2D eigenvalue weighted by Gasteiger charge is 2.25. The lowest BCUT2D eigenvalue weighted by Gasteiger charge is -2.32. The Morgan fingerprint density at radius 2 is 1.79 bits per heavy atom. The molecule has 1 aliphatic rings. The van der Waals surface area contributed by atoms with E-state index in [1.165, 1.54) is 32.1 Å². The highest BCUT2D eigenvalue weighted by molar-refractivity contribution is 6.42. The lowest BCUT2D eigenvalue weighted by molar-refractivity contribution is 0.251. The smallest absolute Gasteiger partial charge is 0.0612 e. The van der Waals surface area contributed by atoms with Crippen molar-refractivity contribution < 1.29 is 0 Å². The van der Waals surface area contributed by atoms with E-state index in [9.17, 15) is 0 Å². The van der Waals surface area contributed by atoms with Gasteiger partial charge in [-0.25, -0.2) is 0 Å². The van der Waals surface area contributed by atoms with Crippen molar-refractivity contribution in [3.8, 4) is 0 Å². The predicted molar refractivity (Wildman–Crippen MR) is 84.4 cm³/mol. The molecule has 1 aliphatic carbocycles. The molecule has 2 rings (SSSR count). The molecule has 19 heavy (non-hydrogen) atoms. The zero-order chi connectivity index (χ0) is 13.8. The van der Waals surface area contributed by atoms with Crippen molar-refractivity contribution in [2.45, 2.75) is 44.2 Å². The van der Waals surface area contributed by atoms with Crippen molar-refractivity contribution in [1.82, 2.24) is 4.90 Å². The summed E-state index contributed by atoms with van der Waals surface area (Å²) < 4.78 is 0. The number of hydrogen-bond acceptors (Lipinski definition) is 2. The molecule has 1 fully saturated rings. The van der Waals surface area contributed by atoms with Gasteiger partial charge in [-0.05, 0) is 45.1 Å². The average Bonchev–Trinajstić information content (AvgIpc) is 2.59. The Morgan fingerprint density at radius 1 is 1.05 bits per heavy atom. The van der Waals surface area contributed by atoms with Crippen LogP contribution in [0.3, 0.4) is 0 Å². The van der Waals surface area contributed by atoms with Crippen molar-refractivity contribution >= 4 is 28.9 Å². The van der Waals surface area contributed by atoms with Crippen LogP contribution in [0.1, 0.15) is 32.1 Å². The minimum atomic E-state index is 0.481. The number of nitrogens with one attached hydrogen (secondary N) is 1. The summed E-state index contributed by atoms with van der Waals surface area (Å²) in [4.78, 5) is 2.33. The van der Waals surface area contributed by atoms with Crippen LogP contribution < -0.4 is 5.32 Å². The molecule has 0 spiro atoms. The molecule has 1 aromatic carbocycles. The quantitative estimate of drug-likeness (QED) is 0.816. The van der Waals surface area contributed by atoms with Crippen LogP contribution in [0.4, 0.5) is 5.69 Å². The number of halogens is 2. The molecule has 2 atom stereocenters.